The number of nitrogens with one attached hydrogen (secondary N) is 3. The molecule has 2 amide bonds. The summed E-state index contributed by atoms with van der Waals surface area (Å²) in [4.78, 5) is 30.5. The molecule has 0 bridgehead atoms. The fraction of sp³-hybridized carbons (Fsp3) is 0.611. The number of hydrazine groups is 1. The van der Waals surface area contributed by atoms with Gasteiger partial charge < -0.3 is 10.2 Å². The van der Waals surface area contributed by atoms with Gasteiger partial charge in [0.05, 0.1) is 0 Å². The molecule has 2 unspecified atom stereocenters. The first kappa shape index (κ1) is 17.8. The van der Waals surface area contributed by atoms with Crippen molar-refractivity contribution in [2.75, 3.05) is 6.54 Å². The second-order valence-electron chi connectivity index (χ2n) is 7.17. The van der Waals surface area contributed by atoms with E-state index in [1.165, 1.54) is 0 Å². The van der Waals surface area contributed by atoms with Crippen LogP contribution in [0.1, 0.15) is 38.7 Å². The summed E-state index contributed by atoms with van der Waals surface area (Å²) in [7, 11) is 0. The fourth-order valence-electron chi connectivity index (χ4n) is 3.64. The molecule has 3 atom stereocenters. The van der Waals surface area contributed by atoms with Gasteiger partial charge >= 0.3 is 0 Å². The lowest BCUT2D eigenvalue weighted by atomic mass is 9.92. The summed E-state index contributed by atoms with van der Waals surface area (Å²) in [5.41, 5.74) is 7.41. The first-order valence-corrected chi connectivity index (χ1v) is 9.00. The number of hydrogen-bond donors (Lipinski definition) is 3. The zero-order chi connectivity index (χ0) is 17.8. The van der Waals surface area contributed by atoms with Crippen molar-refractivity contribution in [1.29, 1.82) is 0 Å². The molecule has 7 heteroatoms. The standard InChI is InChI=1S/C18H27N5O2/c1-12-16(13(2)22-21-12)8-18(25)23(10-14-4-3-7-19-9-14)11-15-5-6-17(24)20-15/h3-4,7,9,12-13,15-16,21-22H,5-6,8,10-11H2,1-2H3,(H,20,24)/t12?,13?,15-,16?/m0/s1. The Hall–Kier alpha value is -1.99. The first-order valence-electron chi connectivity index (χ1n) is 9.00. The minimum atomic E-state index is 0.0443. The first-order chi connectivity index (χ1) is 12.0. The highest BCUT2D eigenvalue weighted by Gasteiger charge is 2.33. The Balaban J connectivity index is 1.68. The van der Waals surface area contributed by atoms with Gasteiger partial charge in [0.2, 0.25) is 11.8 Å². The molecule has 0 spiro atoms. The predicted molar refractivity (Wildman–Crippen MR) is 94.1 cm³/mol. The number of hydrogen-bond acceptors (Lipinski definition) is 5. The van der Waals surface area contributed by atoms with E-state index in [0.29, 0.717) is 25.9 Å². The van der Waals surface area contributed by atoms with Gasteiger partial charge in [0.15, 0.2) is 0 Å². The van der Waals surface area contributed by atoms with Crippen molar-refractivity contribution in [2.45, 2.75) is 57.8 Å². The van der Waals surface area contributed by atoms with E-state index < -0.39 is 0 Å². The molecule has 2 aliphatic heterocycles. The van der Waals surface area contributed by atoms with Crippen LogP contribution in [0.4, 0.5) is 0 Å². The van der Waals surface area contributed by atoms with E-state index in [2.05, 4.69) is 35.0 Å². The molecule has 7 nitrogen and oxygen atoms in total. The number of pyridine rings is 1. The molecule has 25 heavy (non-hydrogen) atoms. The van der Waals surface area contributed by atoms with Crippen LogP contribution in [0, 0.1) is 5.92 Å². The summed E-state index contributed by atoms with van der Waals surface area (Å²) in [6.45, 7) is 5.26. The number of rotatable bonds is 6. The lowest BCUT2D eigenvalue weighted by molar-refractivity contribution is -0.133. The number of carbonyl (C=O) groups is 2. The Kier molecular flexibility index (Phi) is 5.65. The molecule has 2 fully saturated rings. The van der Waals surface area contributed by atoms with Gasteiger partial charge in [0.1, 0.15) is 0 Å². The van der Waals surface area contributed by atoms with Crippen molar-refractivity contribution >= 4 is 11.8 Å². The normalized spacial score (nSPS) is 28.8. The second kappa shape index (κ2) is 7.93. The van der Waals surface area contributed by atoms with Crippen LogP contribution in [0.25, 0.3) is 0 Å². The van der Waals surface area contributed by atoms with Crippen LogP contribution in [-0.4, -0.2) is 46.4 Å². The topological polar surface area (TPSA) is 86.4 Å². The monoisotopic (exact) mass is 345 g/mol. The van der Waals surface area contributed by atoms with Gasteiger partial charge in [-0.25, -0.2) is 0 Å². The number of carbonyl (C=O) groups excluding carboxylic acids is 2. The predicted octanol–water partition coefficient (Wildman–Crippen LogP) is 0.580. The van der Waals surface area contributed by atoms with E-state index in [1.807, 2.05) is 17.0 Å². The average molecular weight is 345 g/mol. The van der Waals surface area contributed by atoms with Crippen molar-refractivity contribution in [3.8, 4) is 0 Å². The molecule has 0 aliphatic carbocycles. The molecule has 2 aliphatic rings. The van der Waals surface area contributed by atoms with Gasteiger partial charge in [-0.2, -0.15) is 0 Å². The van der Waals surface area contributed by atoms with Crippen LogP contribution in [-0.2, 0) is 16.1 Å². The van der Waals surface area contributed by atoms with Crippen LogP contribution in [0.5, 0.6) is 0 Å². The van der Waals surface area contributed by atoms with Crippen LogP contribution >= 0.6 is 0 Å². The average Bonchev–Trinajstić information content (AvgIpc) is 3.15. The Bertz CT molecular complexity index is 599. The number of nitrogens with zero attached hydrogens (tertiary/aromatic N) is 2. The van der Waals surface area contributed by atoms with Crippen molar-refractivity contribution < 1.29 is 9.59 Å². The van der Waals surface area contributed by atoms with Crippen molar-refractivity contribution in [3.05, 3.63) is 30.1 Å². The summed E-state index contributed by atoms with van der Waals surface area (Å²) < 4.78 is 0. The molecule has 3 heterocycles. The van der Waals surface area contributed by atoms with Crippen LogP contribution in [0.15, 0.2) is 24.5 Å². The fourth-order valence-corrected chi connectivity index (χ4v) is 3.64. The smallest absolute Gasteiger partial charge is 0.223 e. The number of amides is 2. The number of aromatic nitrogens is 1. The van der Waals surface area contributed by atoms with E-state index in [0.717, 1.165) is 12.0 Å². The van der Waals surface area contributed by atoms with E-state index in [4.69, 9.17) is 0 Å². The van der Waals surface area contributed by atoms with E-state index in [9.17, 15) is 9.59 Å². The third-order valence-electron chi connectivity index (χ3n) is 5.21. The molecule has 1 aromatic rings. The van der Waals surface area contributed by atoms with Crippen LogP contribution in [0.2, 0.25) is 0 Å². The van der Waals surface area contributed by atoms with E-state index in [-0.39, 0.29) is 35.9 Å². The molecule has 1 aromatic heterocycles. The molecule has 3 N–H and O–H groups in total. The third-order valence-corrected chi connectivity index (χ3v) is 5.21. The summed E-state index contributed by atoms with van der Waals surface area (Å²) in [6, 6.07) is 4.41. The maximum absolute atomic E-state index is 13.0. The highest BCUT2D eigenvalue weighted by Crippen LogP contribution is 2.21. The van der Waals surface area contributed by atoms with Crippen molar-refractivity contribution in [1.82, 2.24) is 26.1 Å². The summed E-state index contributed by atoms with van der Waals surface area (Å²) in [5.74, 6) is 0.450. The quantitative estimate of drug-likeness (QED) is 0.702. The van der Waals surface area contributed by atoms with Gasteiger partial charge in [0, 0.05) is 62.4 Å². The second-order valence-corrected chi connectivity index (χ2v) is 7.17. The lowest BCUT2D eigenvalue weighted by Crippen LogP contribution is -2.43. The summed E-state index contributed by atoms with van der Waals surface area (Å²) >= 11 is 0. The molecule has 3 rings (SSSR count). The zero-order valence-electron chi connectivity index (χ0n) is 14.9. The Morgan fingerprint density at radius 3 is 2.68 bits per heavy atom. The minimum Gasteiger partial charge on any atom is -0.352 e. The highest BCUT2D eigenvalue weighted by molar-refractivity contribution is 5.79. The van der Waals surface area contributed by atoms with Gasteiger partial charge in [-0.15, -0.1) is 0 Å². The molecule has 0 saturated carbocycles. The molecule has 0 radical (unpaired) electrons. The summed E-state index contributed by atoms with van der Waals surface area (Å²) in [5, 5.41) is 2.96. The van der Waals surface area contributed by atoms with Crippen LogP contribution < -0.4 is 16.2 Å². The van der Waals surface area contributed by atoms with Gasteiger partial charge in [-0.05, 0) is 31.9 Å². The minimum absolute atomic E-state index is 0.0443. The molecule has 136 valence electrons. The highest BCUT2D eigenvalue weighted by atomic mass is 16.2. The van der Waals surface area contributed by atoms with Crippen molar-refractivity contribution in [2.24, 2.45) is 5.92 Å². The third kappa shape index (κ3) is 4.55. The van der Waals surface area contributed by atoms with Crippen molar-refractivity contribution in [3.63, 3.8) is 0 Å². The molecule has 2 saturated heterocycles. The van der Waals surface area contributed by atoms with Gasteiger partial charge in [-0.3, -0.25) is 25.4 Å². The molecular formula is C18H27N5O2. The SMILES string of the molecule is CC1NNC(C)C1CC(=O)N(Cc1cccnc1)C[C@@H]1CCC(=O)N1. The molecular weight excluding hydrogens is 318 g/mol. The van der Waals surface area contributed by atoms with Gasteiger partial charge in [-0.1, -0.05) is 6.07 Å². The largest absolute Gasteiger partial charge is 0.352 e. The Morgan fingerprint density at radius 1 is 1.32 bits per heavy atom. The Morgan fingerprint density at radius 2 is 2.08 bits per heavy atom. The maximum Gasteiger partial charge on any atom is 0.223 e. The van der Waals surface area contributed by atoms with Gasteiger partial charge in [0.25, 0.3) is 0 Å². The summed E-state index contributed by atoms with van der Waals surface area (Å²) in [6.07, 6.45) is 5.34. The maximum atomic E-state index is 13.0. The Labute approximate surface area is 148 Å². The molecule has 0 aromatic carbocycles. The van der Waals surface area contributed by atoms with E-state index >= 15 is 0 Å². The zero-order valence-corrected chi connectivity index (χ0v) is 14.9. The van der Waals surface area contributed by atoms with E-state index in [1.54, 1.807) is 12.4 Å². The van der Waals surface area contributed by atoms with Crippen LogP contribution in [0.3, 0.4) is 0 Å². The lowest BCUT2D eigenvalue weighted by Gasteiger charge is -2.28.